The van der Waals surface area contributed by atoms with Crippen molar-refractivity contribution in [3.05, 3.63) is 81.5 Å². The topological polar surface area (TPSA) is 54.3 Å². The molecule has 2 N–H and O–H groups in total. The molecule has 26 heavy (non-hydrogen) atoms. The van der Waals surface area contributed by atoms with Crippen molar-refractivity contribution in [1.29, 1.82) is 0 Å². The first-order chi connectivity index (χ1) is 12.5. The summed E-state index contributed by atoms with van der Waals surface area (Å²) in [4.78, 5) is 12.1. The SMILES string of the molecule is O=C(NC(=S)NCc1ccc(-c2ccc(Cl)cc2)o1)c1ccc(Br)cc1. The highest BCUT2D eigenvalue weighted by atomic mass is 79.9. The fourth-order valence-electron chi connectivity index (χ4n) is 2.23. The van der Waals surface area contributed by atoms with E-state index in [1.165, 1.54) is 0 Å². The molecule has 1 heterocycles. The van der Waals surface area contributed by atoms with Crippen LogP contribution in [0.25, 0.3) is 11.3 Å². The maximum Gasteiger partial charge on any atom is 0.257 e. The Hall–Kier alpha value is -2.15. The van der Waals surface area contributed by atoms with Gasteiger partial charge in [0.25, 0.3) is 5.91 Å². The van der Waals surface area contributed by atoms with Crippen LogP contribution in [-0.4, -0.2) is 11.0 Å². The Labute approximate surface area is 169 Å². The number of rotatable bonds is 4. The van der Waals surface area contributed by atoms with Crippen molar-refractivity contribution in [1.82, 2.24) is 10.6 Å². The first kappa shape index (κ1) is 18.6. The monoisotopic (exact) mass is 448 g/mol. The van der Waals surface area contributed by atoms with Crippen LogP contribution in [0.1, 0.15) is 16.1 Å². The van der Waals surface area contributed by atoms with Crippen LogP contribution < -0.4 is 10.6 Å². The molecule has 4 nitrogen and oxygen atoms in total. The minimum Gasteiger partial charge on any atom is -0.459 e. The van der Waals surface area contributed by atoms with Gasteiger partial charge in [-0.1, -0.05) is 27.5 Å². The third-order valence-corrected chi connectivity index (χ3v) is 4.57. The summed E-state index contributed by atoms with van der Waals surface area (Å²) in [7, 11) is 0. The van der Waals surface area contributed by atoms with E-state index in [0.717, 1.165) is 15.8 Å². The maximum atomic E-state index is 12.1. The lowest BCUT2D eigenvalue weighted by atomic mass is 10.2. The fourth-order valence-corrected chi connectivity index (χ4v) is 2.79. The molecular formula is C19H14BrClN2O2S. The van der Waals surface area contributed by atoms with Crippen LogP contribution in [0, 0.1) is 0 Å². The number of halogens is 2. The van der Waals surface area contributed by atoms with Gasteiger partial charge in [-0.15, -0.1) is 0 Å². The maximum absolute atomic E-state index is 12.1. The highest BCUT2D eigenvalue weighted by Crippen LogP contribution is 2.23. The van der Waals surface area contributed by atoms with Crippen LogP contribution in [0.4, 0.5) is 0 Å². The molecule has 7 heteroatoms. The van der Waals surface area contributed by atoms with E-state index < -0.39 is 0 Å². The van der Waals surface area contributed by atoms with Gasteiger partial charge in [0.1, 0.15) is 11.5 Å². The Morgan fingerprint density at radius 3 is 2.42 bits per heavy atom. The van der Waals surface area contributed by atoms with E-state index in [9.17, 15) is 4.79 Å². The van der Waals surface area contributed by atoms with Crippen molar-refractivity contribution in [2.75, 3.05) is 0 Å². The predicted octanol–water partition coefficient (Wildman–Crippen LogP) is 5.17. The number of benzene rings is 2. The first-order valence-electron chi connectivity index (χ1n) is 7.70. The average molecular weight is 450 g/mol. The van der Waals surface area contributed by atoms with Gasteiger partial charge in [0, 0.05) is 20.6 Å². The largest absolute Gasteiger partial charge is 0.459 e. The van der Waals surface area contributed by atoms with E-state index >= 15 is 0 Å². The number of thiocarbonyl (C=S) groups is 1. The van der Waals surface area contributed by atoms with E-state index in [2.05, 4.69) is 26.6 Å². The summed E-state index contributed by atoms with van der Waals surface area (Å²) < 4.78 is 6.69. The molecule has 2 aromatic carbocycles. The van der Waals surface area contributed by atoms with Crippen molar-refractivity contribution < 1.29 is 9.21 Å². The van der Waals surface area contributed by atoms with Crippen molar-refractivity contribution >= 4 is 50.8 Å². The lowest BCUT2D eigenvalue weighted by Gasteiger charge is -2.08. The second-order valence-corrected chi connectivity index (χ2v) is 7.18. The van der Waals surface area contributed by atoms with Crippen LogP contribution in [0.3, 0.4) is 0 Å². The standard InChI is InChI=1S/C19H14BrClN2O2S/c20-14-5-1-13(2-6-14)18(24)23-19(26)22-11-16-9-10-17(25-16)12-3-7-15(21)8-4-12/h1-10H,11H2,(H2,22,23,24,26). The number of carbonyl (C=O) groups excluding carboxylic acids is 1. The highest BCUT2D eigenvalue weighted by Gasteiger charge is 2.09. The number of hydrogen-bond acceptors (Lipinski definition) is 3. The van der Waals surface area contributed by atoms with E-state index in [4.69, 9.17) is 28.2 Å². The lowest BCUT2D eigenvalue weighted by Crippen LogP contribution is -2.38. The van der Waals surface area contributed by atoms with Gasteiger partial charge in [0.2, 0.25) is 0 Å². The van der Waals surface area contributed by atoms with Crippen LogP contribution in [0.2, 0.25) is 5.02 Å². The van der Waals surface area contributed by atoms with Crippen molar-refractivity contribution in [3.8, 4) is 11.3 Å². The molecule has 3 aromatic rings. The van der Waals surface area contributed by atoms with Gasteiger partial charge < -0.3 is 9.73 Å². The number of amides is 1. The second kappa shape index (κ2) is 8.49. The van der Waals surface area contributed by atoms with Crippen molar-refractivity contribution in [3.63, 3.8) is 0 Å². The summed E-state index contributed by atoms with van der Waals surface area (Å²) in [5, 5.41) is 6.51. The minimum absolute atomic E-state index is 0.238. The van der Waals surface area contributed by atoms with Crippen molar-refractivity contribution in [2.45, 2.75) is 6.54 Å². The zero-order valence-electron chi connectivity index (χ0n) is 13.5. The summed E-state index contributed by atoms with van der Waals surface area (Å²) in [5.74, 6) is 1.18. The number of carbonyl (C=O) groups is 1. The Morgan fingerprint density at radius 2 is 1.73 bits per heavy atom. The van der Waals surface area contributed by atoms with Gasteiger partial charge in [-0.3, -0.25) is 10.1 Å². The average Bonchev–Trinajstić information content (AvgIpc) is 3.10. The predicted molar refractivity (Wildman–Crippen MR) is 110 cm³/mol. The van der Waals surface area contributed by atoms with Crippen LogP contribution in [0.5, 0.6) is 0 Å². The molecule has 0 atom stereocenters. The molecule has 0 aliphatic rings. The Morgan fingerprint density at radius 1 is 1.04 bits per heavy atom. The summed E-state index contributed by atoms with van der Waals surface area (Å²) in [6.45, 7) is 0.368. The van der Waals surface area contributed by atoms with Crippen LogP contribution in [-0.2, 0) is 6.54 Å². The van der Waals surface area contributed by atoms with Crippen molar-refractivity contribution in [2.24, 2.45) is 0 Å². The molecule has 0 aliphatic heterocycles. The lowest BCUT2D eigenvalue weighted by molar-refractivity contribution is 0.0976. The molecule has 132 valence electrons. The Balaban J connectivity index is 1.54. The summed E-state index contributed by atoms with van der Waals surface area (Å²) >= 11 is 14.4. The summed E-state index contributed by atoms with van der Waals surface area (Å²) in [6, 6.07) is 18.2. The Bertz CT molecular complexity index is 923. The molecular weight excluding hydrogens is 436 g/mol. The quantitative estimate of drug-likeness (QED) is 0.540. The van der Waals surface area contributed by atoms with Gasteiger partial charge in [0.05, 0.1) is 6.54 Å². The van der Waals surface area contributed by atoms with Crippen LogP contribution >= 0.6 is 39.7 Å². The zero-order chi connectivity index (χ0) is 18.5. The Kier molecular flexibility index (Phi) is 6.08. The minimum atomic E-state index is -0.267. The van der Waals surface area contributed by atoms with E-state index in [0.29, 0.717) is 22.9 Å². The van der Waals surface area contributed by atoms with Gasteiger partial charge in [-0.05, 0) is 72.9 Å². The normalized spacial score (nSPS) is 10.4. The van der Waals surface area contributed by atoms with Gasteiger partial charge >= 0.3 is 0 Å². The second-order valence-electron chi connectivity index (χ2n) is 5.42. The molecule has 1 aromatic heterocycles. The molecule has 0 aliphatic carbocycles. The van der Waals surface area contributed by atoms with E-state index in [1.807, 2.05) is 36.4 Å². The third-order valence-electron chi connectivity index (χ3n) is 3.55. The molecule has 0 bridgehead atoms. The number of furan rings is 1. The smallest absolute Gasteiger partial charge is 0.257 e. The molecule has 0 saturated carbocycles. The molecule has 0 saturated heterocycles. The molecule has 0 spiro atoms. The molecule has 0 fully saturated rings. The highest BCUT2D eigenvalue weighted by molar-refractivity contribution is 9.10. The van der Waals surface area contributed by atoms with Gasteiger partial charge in [0.15, 0.2) is 5.11 Å². The van der Waals surface area contributed by atoms with Gasteiger partial charge in [-0.25, -0.2) is 0 Å². The van der Waals surface area contributed by atoms with E-state index in [1.54, 1.807) is 24.3 Å². The first-order valence-corrected chi connectivity index (χ1v) is 9.28. The third kappa shape index (κ3) is 4.94. The number of nitrogens with one attached hydrogen (secondary N) is 2. The molecule has 3 rings (SSSR count). The van der Waals surface area contributed by atoms with Gasteiger partial charge in [-0.2, -0.15) is 0 Å². The summed E-state index contributed by atoms with van der Waals surface area (Å²) in [5.41, 5.74) is 1.46. The molecule has 1 amide bonds. The fraction of sp³-hybridized carbons (Fsp3) is 0.0526. The zero-order valence-corrected chi connectivity index (χ0v) is 16.6. The molecule has 0 unspecified atom stereocenters. The van der Waals surface area contributed by atoms with E-state index in [-0.39, 0.29) is 11.0 Å². The summed E-state index contributed by atoms with van der Waals surface area (Å²) in [6.07, 6.45) is 0. The molecule has 0 radical (unpaired) electrons. The number of hydrogen-bond donors (Lipinski definition) is 2. The van der Waals surface area contributed by atoms with Crippen LogP contribution in [0.15, 0.2) is 69.6 Å².